The Morgan fingerprint density at radius 2 is 0.746 bits per heavy atom. The minimum absolute atomic E-state index is 0.182. The number of hydrogen-bond donors (Lipinski definition) is 0. The van der Waals surface area contributed by atoms with Gasteiger partial charge in [0.05, 0.1) is 75.6 Å². The number of thioether (sulfide) groups is 2. The first-order valence-electron chi connectivity index (χ1n) is 19.3. The molecule has 2 atom stereocenters. The van der Waals surface area contributed by atoms with Gasteiger partial charge in [-0.15, -0.1) is 23.5 Å². The highest BCUT2D eigenvalue weighted by molar-refractivity contribution is 8.14. The van der Waals surface area contributed by atoms with E-state index in [1.807, 2.05) is 0 Å². The molecule has 324 valence electrons. The number of methoxy groups -OCH3 is 2. The van der Waals surface area contributed by atoms with Gasteiger partial charge in [-0.05, 0) is 85.4 Å². The van der Waals surface area contributed by atoms with Crippen LogP contribution in [-0.2, 0) is 28.4 Å². The van der Waals surface area contributed by atoms with Gasteiger partial charge in [-0.25, -0.2) is 0 Å². The van der Waals surface area contributed by atoms with Gasteiger partial charge in [0.1, 0.15) is 24.7 Å². The lowest BCUT2D eigenvalue weighted by Crippen LogP contribution is -2.49. The van der Waals surface area contributed by atoms with Crippen LogP contribution in [0, 0.1) is 0 Å². The molecular weight excluding hydrogens is 823 g/mol. The number of rotatable bonds is 22. The molecular formula is C43H50F6O8S2. The average molecular weight is 873 g/mol. The summed E-state index contributed by atoms with van der Waals surface area (Å²) in [5.41, 5.74) is -1.18. The maximum Gasteiger partial charge on any atom is 0.380 e. The van der Waals surface area contributed by atoms with E-state index in [0.29, 0.717) is 98.5 Å². The summed E-state index contributed by atoms with van der Waals surface area (Å²) < 4.78 is 136. The van der Waals surface area contributed by atoms with Crippen LogP contribution >= 0.6 is 23.5 Å². The van der Waals surface area contributed by atoms with Crippen LogP contribution in [0.4, 0.5) is 26.3 Å². The van der Waals surface area contributed by atoms with Crippen LogP contribution < -0.4 is 9.47 Å². The monoisotopic (exact) mass is 872 g/mol. The first kappa shape index (κ1) is 45.6. The summed E-state index contributed by atoms with van der Waals surface area (Å²) in [4.78, 5) is 1.07. The second kappa shape index (κ2) is 18.6. The van der Waals surface area contributed by atoms with Gasteiger partial charge in [0, 0.05) is 35.2 Å². The smallest absolute Gasteiger partial charge is 0.380 e. The van der Waals surface area contributed by atoms with Gasteiger partial charge in [-0.2, -0.15) is 26.3 Å². The zero-order chi connectivity index (χ0) is 42.6. The molecule has 0 spiro atoms. The third-order valence-corrected chi connectivity index (χ3v) is 14.6. The van der Waals surface area contributed by atoms with Crippen LogP contribution in [0.25, 0.3) is 9.81 Å². The summed E-state index contributed by atoms with van der Waals surface area (Å²) in [6, 6.07) is 13.8. The second-order valence-corrected chi connectivity index (χ2v) is 17.4. The number of allylic oxidation sites excluding steroid dienone is 4. The highest BCUT2D eigenvalue weighted by atomic mass is 32.2. The average Bonchev–Trinajstić information content (AvgIpc) is 3.68. The Balaban J connectivity index is 1.23. The van der Waals surface area contributed by atoms with E-state index in [9.17, 15) is 0 Å². The zero-order valence-corrected chi connectivity index (χ0v) is 35.6. The Morgan fingerprint density at radius 1 is 0.441 bits per heavy atom. The molecule has 2 aliphatic heterocycles. The largest absolute Gasteiger partial charge is 0.491 e. The van der Waals surface area contributed by atoms with Crippen molar-refractivity contribution >= 4 is 33.3 Å². The summed E-state index contributed by atoms with van der Waals surface area (Å²) in [6.07, 6.45) is 0. The predicted octanol–water partition coefficient (Wildman–Crippen LogP) is 9.50. The maximum atomic E-state index is 16.1. The molecule has 6 rings (SSSR count). The van der Waals surface area contributed by atoms with Gasteiger partial charge in [-0.3, -0.25) is 0 Å². The fourth-order valence-corrected chi connectivity index (χ4v) is 11.2. The molecule has 1 fully saturated rings. The molecule has 0 bridgehead atoms. The molecule has 0 N–H and O–H groups in total. The Morgan fingerprint density at radius 3 is 1.07 bits per heavy atom. The molecule has 2 heterocycles. The van der Waals surface area contributed by atoms with Gasteiger partial charge < -0.3 is 37.9 Å². The fourth-order valence-electron chi connectivity index (χ4n) is 7.84. The van der Waals surface area contributed by atoms with Gasteiger partial charge in [0.2, 0.25) is 0 Å². The number of ether oxygens (including phenoxy) is 8. The van der Waals surface area contributed by atoms with Crippen molar-refractivity contribution in [3.8, 4) is 11.5 Å². The third kappa shape index (κ3) is 8.37. The molecule has 2 aromatic rings. The van der Waals surface area contributed by atoms with Crippen LogP contribution in [0.5, 0.6) is 11.5 Å². The molecule has 2 aromatic carbocycles. The SMILES string of the molecule is COCCOCCOCCOc1ccc(C2=C(C)C3=C4C(=C5C(C)=C(c6ccc(OCCOCCOCCOC)cc6)S[C@]5(C)[C@@]3(C)S2)C(F)(F)C(F)(F)C4(F)F)cc1. The van der Waals surface area contributed by atoms with Crippen molar-refractivity contribution in [1.29, 1.82) is 0 Å². The lowest BCUT2D eigenvalue weighted by molar-refractivity contribution is -0.258. The van der Waals surface area contributed by atoms with Crippen LogP contribution in [0.3, 0.4) is 0 Å². The van der Waals surface area contributed by atoms with E-state index in [2.05, 4.69) is 0 Å². The number of hydrogen-bond acceptors (Lipinski definition) is 10. The number of benzene rings is 2. The first-order valence-corrected chi connectivity index (χ1v) is 20.9. The summed E-state index contributed by atoms with van der Waals surface area (Å²) in [5.74, 6) is -14.9. The Hall–Kier alpha value is -2.96. The Kier molecular flexibility index (Phi) is 14.3. The van der Waals surface area contributed by atoms with E-state index in [0.717, 1.165) is 0 Å². The summed E-state index contributed by atoms with van der Waals surface area (Å²) in [5, 5.41) is 0. The van der Waals surface area contributed by atoms with Gasteiger partial charge >= 0.3 is 17.8 Å². The van der Waals surface area contributed by atoms with Crippen molar-refractivity contribution < 1.29 is 64.2 Å². The quantitative estimate of drug-likeness (QED) is 0.0845. The molecule has 4 aliphatic rings. The van der Waals surface area contributed by atoms with Gasteiger partial charge in [-0.1, -0.05) is 24.3 Å². The van der Waals surface area contributed by atoms with Crippen LogP contribution in [0.1, 0.15) is 38.8 Å². The second-order valence-electron chi connectivity index (χ2n) is 14.6. The molecule has 0 aromatic heterocycles. The van der Waals surface area contributed by atoms with E-state index in [1.54, 1.807) is 90.4 Å². The molecule has 0 unspecified atom stereocenters. The minimum Gasteiger partial charge on any atom is -0.491 e. The van der Waals surface area contributed by atoms with Crippen molar-refractivity contribution in [2.45, 2.75) is 55.0 Å². The summed E-state index contributed by atoms with van der Waals surface area (Å²) in [7, 11) is 3.19. The zero-order valence-electron chi connectivity index (χ0n) is 34.0. The molecule has 8 nitrogen and oxygen atoms in total. The van der Waals surface area contributed by atoms with Crippen LogP contribution in [0.15, 0.2) is 82.0 Å². The Labute approximate surface area is 349 Å². The Bertz CT molecular complexity index is 1810. The van der Waals surface area contributed by atoms with E-state index >= 15 is 26.3 Å². The summed E-state index contributed by atoms with van der Waals surface area (Å²) in [6.45, 7) is 11.2. The predicted molar refractivity (Wildman–Crippen MR) is 217 cm³/mol. The lowest BCUT2D eigenvalue weighted by Gasteiger charge is -2.48. The molecule has 0 radical (unpaired) electrons. The van der Waals surface area contributed by atoms with E-state index in [-0.39, 0.29) is 35.5 Å². The van der Waals surface area contributed by atoms with Crippen molar-refractivity contribution in [2.24, 2.45) is 0 Å². The van der Waals surface area contributed by atoms with Crippen LogP contribution in [-0.4, -0.2) is 121 Å². The fraction of sp³-hybridized carbons (Fsp3) is 0.535. The van der Waals surface area contributed by atoms with Crippen molar-refractivity contribution in [3.05, 3.63) is 93.1 Å². The lowest BCUT2D eigenvalue weighted by atomic mass is 9.68. The number of fused-ring (bicyclic) bond motifs is 4. The topological polar surface area (TPSA) is 73.8 Å². The highest BCUT2D eigenvalue weighted by Crippen LogP contribution is 2.77. The first-order chi connectivity index (χ1) is 28.1. The van der Waals surface area contributed by atoms with Crippen molar-refractivity contribution in [1.82, 2.24) is 0 Å². The van der Waals surface area contributed by atoms with E-state index in [4.69, 9.17) is 37.9 Å². The normalized spacial score (nSPS) is 23.9. The van der Waals surface area contributed by atoms with Crippen molar-refractivity contribution in [3.63, 3.8) is 0 Å². The molecule has 1 saturated carbocycles. The number of alkyl halides is 6. The molecule has 2 aliphatic carbocycles. The van der Waals surface area contributed by atoms with E-state index in [1.165, 1.54) is 23.5 Å². The summed E-state index contributed by atoms with van der Waals surface area (Å²) >= 11 is 2.47. The molecule has 0 amide bonds. The van der Waals surface area contributed by atoms with E-state index < -0.39 is 38.4 Å². The minimum atomic E-state index is -5.66. The number of halogens is 6. The van der Waals surface area contributed by atoms with Crippen LogP contribution in [0.2, 0.25) is 0 Å². The molecule has 59 heavy (non-hydrogen) atoms. The third-order valence-electron chi connectivity index (χ3n) is 10.9. The molecule has 16 heteroatoms. The van der Waals surface area contributed by atoms with Gasteiger partial charge in [0.25, 0.3) is 0 Å². The van der Waals surface area contributed by atoms with Gasteiger partial charge in [0.15, 0.2) is 0 Å². The standard InChI is InChI=1S/C43H50F6O8S2/c1-27-33-35-36(42(46,47)43(48,49)41(35,44)45)34-28(2)38(30-9-13-32(14-10-30)57-26-24-55-22-20-53-18-16-51-6)59-40(34,4)39(33,3)58-37(27)29-7-11-31(12-8-29)56-25-23-54-21-19-52-17-15-50-5/h7-14H,15-26H2,1-6H3/t39-,40-/m0/s1. The molecule has 0 saturated heterocycles. The van der Waals surface area contributed by atoms with Crippen molar-refractivity contribution in [2.75, 3.05) is 93.5 Å². The maximum absolute atomic E-state index is 16.1. The highest BCUT2D eigenvalue weighted by Gasteiger charge is 2.84.